The molecule has 2 N–H and O–H groups in total. The number of aliphatic hydroxyl groups excluding tert-OH is 1. The van der Waals surface area contributed by atoms with Crippen molar-refractivity contribution in [3.05, 3.63) is 52.4 Å². The van der Waals surface area contributed by atoms with E-state index in [0.29, 0.717) is 22.1 Å². The normalized spacial score (nSPS) is 26.4. The first kappa shape index (κ1) is 24.7. The summed E-state index contributed by atoms with van der Waals surface area (Å²) in [5, 5.41) is 13.6. The third kappa shape index (κ3) is 5.62. The van der Waals surface area contributed by atoms with Crippen LogP contribution in [0.4, 0.5) is 4.39 Å². The Morgan fingerprint density at radius 3 is 2.88 bits per heavy atom. The molecule has 1 aromatic heterocycles. The van der Waals surface area contributed by atoms with Crippen LogP contribution in [0.1, 0.15) is 54.9 Å². The number of aliphatic hydroxyl groups is 1. The Morgan fingerprint density at radius 1 is 1.35 bits per heavy atom. The fourth-order valence-corrected chi connectivity index (χ4v) is 4.84. The molecule has 1 saturated heterocycles. The highest BCUT2D eigenvalue weighted by Crippen LogP contribution is 2.41. The number of ether oxygens (including phenoxy) is 3. The number of nitrogens with one attached hydrogen (secondary N) is 1. The van der Waals surface area contributed by atoms with Gasteiger partial charge in [-0.05, 0) is 48.9 Å². The Balaban J connectivity index is 1.47. The number of nitrogens with zero attached hydrogens (tertiary/aromatic N) is 1. The molecule has 4 atom stereocenters. The lowest BCUT2D eigenvalue weighted by molar-refractivity contribution is 0.0856. The molecule has 1 aliphatic carbocycles. The van der Waals surface area contributed by atoms with Crippen molar-refractivity contribution in [2.45, 2.75) is 63.4 Å². The van der Waals surface area contributed by atoms with Crippen molar-refractivity contribution < 1.29 is 28.5 Å². The summed E-state index contributed by atoms with van der Waals surface area (Å²) in [6, 6.07) is 5.92. The summed E-state index contributed by atoms with van der Waals surface area (Å²) in [6.45, 7) is 2.35. The van der Waals surface area contributed by atoms with E-state index in [9.17, 15) is 14.3 Å². The summed E-state index contributed by atoms with van der Waals surface area (Å²) in [4.78, 5) is 17.4. The molecule has 4 rings (SSSR count). The molecule has 9 heteroatoms. The highest BCUT2D eigenvalue weighted by atomic mass is 35.5. The summed E-state index contributed by atoms with van der Waals surface area (Å²) < 4.78 is 30.5. The van der Waals surface area contributed by atoms with Crippen LogP contribution < -0.4 is 14.8 Å². The second-order valence-electron chi connectivity index (χ2n) is 9.16. The van der Waals surface area contributed by atoms with E-state index in [1.165, 1.54) is 25.4 Å². The number of amides is 1. The standard InChI is InChI=1S/C25H30ClFN2O5/c1-15-4-3-9-25(10-7-15,21-24(31)34-21)29-22(30)17-13-20(23(32-2)28-14-17)33-11-8-16-12-18(26)5-6-19(16)27/h5-6,12-15,21,24,31H,3-4,7-11H2,1-2H3,(H,29,30). The van der Waals surface area contributed by atoms with E-state index >= 15 is 0 Å². The molecule has 34 heavy (non-hydrogen) atoms. The van der Waals surface area contributed by atoms with Gasteiger partial charge in [0.2, 0.25) is 0 Å². The van der Waals surface area contributed by atoms with Crippen LogP contribution in [0.3, 0.4) is 0 Å². The minimum atomic E-state index is -0.853. The molecule has 2 heterocycles. The number of rotatable bonds is 8. The van der Waals surface area contributed by atoms with Gasteiger partial charge in [0.05, 0.1) is 24.8 Å². The summed E-state index contributed by atoms with van der Waals surface area (Å²) in [5.41, 5.74) is 0.115. The van der Waals surface area contributed by atoms with E-state index in [-0.39, 0.29) is 36.4 Å². The summed E-state index contributed by atoms with van der Waals surface area (Å²) in [5.74, 6) is 0.379. The molecule has 2 aliphatic rings. The molecule has 0 spiro atoms. The number of carbonyl (C=O) groups excluding carboxylic acids is 1. The number of hydrogen-bond donors (Lipinski definition) is 2. The number of epoxide rings is 1. The molecule has 1 aliphatic heterocycles. The van der Waals surface area contributed by atoms with Gasteiger partial charge < -0.3 is 24.6 Å². The van der Waals surface area contributed by atoms with Crippen molar-refractivity contribution in [1.29, 1.82) is 0 Å². The molecule has 1 aromatic carbocycles. The predicted molar refractivity (Wildman–Crippen MR) is 125 cm³/mol. The number of aromatic nitrogens is 1. The number of methoxy groups -OCH3 is 1. The number of carbonyl (C=O) groups is 1. The first-order chi connectivity index (χ1) is 16.3. The van der Waals surface area contributed by atoms with Crippen molar-refractivity contribution in [2.75, 3.05) is 13.7 Å². The van der Waals surface area contributed by atoms with Crippen LogP contribution in [0.15, 0.2) is 30.5 Å². The fourth-order valence-electron chi connectivity index (χ4n) is 4.64. The largest absolute Gasteiger partial charge is 0.488 e. The number of halogens is 2. The van der Waals surface area contributed by atoms with E-state index in [2.05, 4.69) is 17.2 Å². The molecular weight excluding hydrogens is 463 g/mol. The summed E-state index contributed by atoms with van der Waals surface area (Å²) in [6.07, 6.45) is 4.90. The quantitative estimate of drug-likeness (QED) is 0.422. The Bertz CT molecular complexity index is 1040. The van der Waals surface area contributed by atoms with E-state index in [1.54, 1.807) is 12.1 Å². The second-order valence-corrected chi connectivity index (χ2v) is 9.60. The maximum absolute atomic E-state index is 14.0. The third-order valence-electron chi connectivity index (χ3n) is 6.69. The van der Waals surface area contributed by atoms with Crippen molar-refractivity contribution in [1.82, 2.24) is 10.3 Å². The molecule has 1 amide bonds. The Kier molecular flexibility index (Phi) is 7.60. The fraction of sp³-hybridized carbons (Fsp3) is 0.520. The highest BCUT2D eigenvalue weighted by molar-refractivity contribution is 6.30. The average molecular weight is 493 g/mol. The summed E-state index contributed by atoms with van der Waals surface area (Å²) >= 11 is 5.95. The second kappa shape index (κ2) is 10.5. The molecule has 1 saturated carbocycles. The van der Waals surface area contributed by atoms with Gasteiger partial charge in [0.1, 0.15) is 11.9 Å². The molecule has 0 radical (unpaired) electrons. The smallest absolute Gasteiger partial charge is 0.256 e. The summed E-state index contributed by atoms with van der Waals surface area (Å²) in [7, 11) is 1.46. The van der Waals surface area contributed by atoms with Crippen molar-refractivity contribution in [3.8, 4) is 11.6 Å². The van der Waals surface area contributed by atoms with Crippen LogP contribution in [0.2, 0.25) is 5.02 Å². The van der Waals surface area contributed by atoms with Gasteiger partial charge in [-0.25, -0.2) is 9.37 Å². The van der Waals surface area contributed by atoms with Crippen LogP contribution in [0, 0.1) is 11.7 Å². The molecule has 7 nitrogen and oxygen atoms in total. The lowest BCUT2D eigenvalue weighted by atomic mass is 9.85. The first-order valence-electron chi connectivity index (χ1n) is 11.6. The van der Waals surface area contributed by atoms with E-state index < -0.39 is 17.9 Å². The van der Waals surface area contributed by atoms with E-state index in [1.807, 2.05) is 0 Å². The monoisotopic (exact) mass is 492 g/mol. The SMILES string of the molecule is COc1ncc(C(=O)NC2(C3OC3O)CCCC(C)CC2)cc1OCCc1cc(Cl)ccc1F. The molecule has 2 fully saturated rings. The zero-order chi connectivity index (χ0) is 24.3. The van der Waals surface area contributed by atoms with E-state index in [0.717, 1.165) is 32.1 Å². The van der Waals surface area contributed by atoms with Crippen LogP contribution >= 0.6 is 11.6 Å². The van der Waals surface area contributed by atoms with Gasteiger partial charge in [-0.15, -0.1) is 0 Å². The Labute approximate surface area is 203 Å². The van der Waals surface area contributed by atoms with Gasteiger partial charge in [-0.3, -0.25) is 4.79 Å². The van der Waals surface area contributed by atoms with Gasteiger partial charge in [0, 0.05) is 23.7 Å². The minimum Gasteiger partial charge on any atom is -0.488 e. The zero-order valence-electron chi connectivity index (χ0n) is 19.4. The molecule has 184 valence electrons. The molecule has 4 unspecified atom stereocenters. The van der Waals surface area contributed by atoms with Gasteiger partial charge in [0.25, 0.3) is 11.8 Å². The van der Waals surface area contributed by atoms with Crippen LogP contribution in [0.5, 0.6) is 11.6 Å². The lowest BCUT2D eigenvalue weighted by Gasteiger charge is -2.32. The maximum atomic E-state index is 14.0. The predicted octanol–water partition coefficient (Wildman–Crippen LogP) is 4.29. The first-order valence-corrected chi connectivity index (χ1v) is 12.0. The average Bonchev–Trinajstić information content (AvgIpc) is 3.59. The van der Waals surface area contributed by atoms with Crippen LogP contribution in [0.25, 0.3) is 0 Å². The number of pyridine rings is 1. The van der Waals surface area contributed by atoms with Gasteiger partial charge in [-0.2, -0.15) is 0 Å². The van der Waals surface area contributed by atoms with Crippen LogP contribution in [-0.2, 0) is 11.2 Å². The maximum Gasteiger partial charge on any atom is 0.256 e. The van der Waals surface area contributed by atoms with Gasteiger partial charge in [0.15, 0.2) is 12.0 Å². The Hall–Kier alpha value is -2.42. The van der Waals surface area contributed by atoms with Crippen molar-refractivity contribution in [3.63, 3.8) is 0 Å². The molecular formula is C25H30ClFN2O5. The zero-order valence-corrected chi connectivity index (χ0v) is 20.1. The van der Waals surface area contributed by atoms with Crippen molar-refractivity contribution >= 4 is 17.5 Å². The lowest BCUT2D eigenvalue weighted by Crippen LogP contribution is -2.53. The highest BCUT2D eigenvalue weighted by Gasteiger charge is 2.55. The van der Waals surface area contributed by atoms with Crippen molar-refractivity contribution in [2.24, 2.45) is 5.92 Å². The van der Waals surface area contributed by atoms with E-state index in [4.69, 9.17) is 25.8 Å². The van der Waals surface area contributed by atoms with Gasteiger partial charge >= 0.3 is 0 Å². The van der Waals surface area contributed by atoms with Gasteiger partial charge in [-0.1, -0.05) is 31.4 Å². The molecule has 2 aromatic rings. The third-order valence-corrected chi connectivity index (χ3v) is 6.92. The minimum absolute atomic E-state index is 0.143. The molecule has 0 bridgehead atoms. The topological polar surface area (TPSA) is 93.2 Å². The van der Waals surface area contributed by atoms with Crippen LogP contribution in [-0.4, -0.2) is 47.6 Å². The number of benzene rings is 1. The Morgan fingerprint density at radius 2 is 2.15 bits per heavy atom. The number of hydrogen-bond acceptors (Lipinski definition) is 6.